The monoisotopic (exact) mass is 226 g/mol. The van der Waals surface area contributed by atoms with Gasteiger partial charge in [0.05, 0.1) is 18.8 Å². The SMILES string of the molecule is CC(C)OP(=O)(OC(C)C)C(O)CO. The third-order valence-electron chi connectivity index (χ3n) is 1.24. The van der Waals surface area contributed by atoms with Crippen LogP contribution in [0.4, 0.5) is 0 Å². The van der Waals surface area contributed by atoms with E-state index < -0.39 is 20.0 Å². The van der Waals surface area contributed by atoms with Crippen LogP contribution in [0.25, 0.3) is 0 Å². The molecule has 0 radical (unpaired) electrons. The minimum atomic E-state index is -3.62. The molecule has 86 valence electrons. The Bertz CT molecular complexity index is 190. The Labute approximate surface area is 84.6 Å². The van der Waals surface area contributed by atoms with E-state index in [4.69, 9.17) is 14.2 Å². The third kappa shape index (κ3) is 4.53. The highest BCUT2D eigenvalue weighted by molar-refractivity contribution is 7.54. The summed E-state index contributed by atoms with van der Waals surface area (Å²) in [6.07, 6.45) is -0.665. The quantitative estimate of drug-likeness (QED) is 0.668. The molecule has 0 saturated carbocycles. The Morgan fingerprint density at radius 1 is 1.14 bits per heavy atom. The summed E-state index contributed by atoms with van der Waals surface area (Å²) in [7, 11) is -3.62. The van der Waals surface area contributed by atoms with E-state index in [1.54, 1.807) is 27.7 Å². The van der Waals surface area contributed by atoms with Gasteiger partial charge in [-0.05, 0) is 27.7 Å². The fourth-order valence-corrected chi connectivity index (χ4v) is 2.56. The Balaban J connectivity index is 4.58. The van der Waals surface area contributed by atoms with E-state index in [1.807, 2.05) is 0 Å². The zero-order valence-electron chi connectivity index (χ0n) is 9.01. The van der Waals surface area contributed by atoms with Gasteiger partial charge in [-0.3, -0.25) is 4.57 Å². The Kier molecular flexibility index (Phi) is 5.86. The highest BCUT2D eigenvalue weighted by Gasteiger charge is 2.36. The Morgan fingerprint density at radius 3 is 1.71 bits per heavy atom. The normalized spacial score (nSPS) is 15.1. The van der Waals surface area contributed by atoms with E-state index in [0.29, 0.717) is 0 Å². The second-order valence-corrected chi connectivity index (χ2v) is 5.61. The predicted molar refractivity (Wildman–Crippen MR) is 53.1 cm³/mol. The molecule has 0 aromatic heterocycles. The maximum atomic E-state index is 11.9. The van der Waals surface area contributed by atoms with Crippen LogP contribution in [-0.4, -0.2) is 34.9 Å². The predicted octanol–water partition coefficient (Wildman–Crippen LogP) is 1.34. The van der Waals surface area contributed by atoms with E-state index >= 15 is 0 Å². The van der Waals surface area contributed by atoms with Crippen LogP contribution in [0.15, 0.2) is 0 Å². The number of aliphatic hydroxyl groups is 2. The minimum absolute atomic E-state index is 0.333. The smallest absolute Gasteiger partial charge is 0.361 e. The molecule has 1 unspecified atom stereocenters. The van der Waals surface area contributed by atoms with Crippen molar-refractivity contribution in [1.29, 1.82) is 0 Å². The molecule has 0 saturated heterocycles. The first kappa shape index (κ1) is 14.1. The lowest BCUT2D eigenvalue weighted by Gasteiger charge is -2.25. The van der Waals surface area contributed by atoms with Crippen LogP contribution >= 0.6 is 7.60 Å². The molecular weight excluding hydrogens is 207 g/mol. The van der Waals surface area contributed by atoms with Crippen molar-refractivity contribution < 1.29 is 23.8 Å². The molecule has 0 heterocycles. The second kappa shape index (κ2) is 5.83. The maximum Gasteiger partial charge on any atom is 0.361 e. The number of hydrogen-bond donors (Lipinski definition) is 2. The van der Waals surface area contributed by atoms with E-state index in [9.17, 15) is 9.67 Å². The highest BCUT2D eigenvalue weighted by Crippen LogP contribution is 2.53. The van der Waals surface area contributed by atoms with E-state index in [0.717, 1.165) is 0 Å². The van der Waals surface area contributed by atoms with Gasteiger partial charge in [-0.25, -0.2) is 0 Å². The molecule has 5 nitrogen and oxygen atoms in total. The summed E-state index contributed by atoms with van der Waals surface area (Å²) < 4.78 is 22.0. The van der Waals surface area contributed by atoms with Gasteiger partial charge in [-0.2, -0.15) is 0 Å². The molecule has 6 heteroatoms. The number of hydrogen-bond acceptors (Lipinski definition) is 5. The van der Waals surface area contributed by atoms with Crippen molar-refractivity contribution in [2.75, 3.05) is 6.61 Å². The molecule has 0 aliphatic carbocycles. The number of rotatable bonds is 6. The fourth-order valence-electron chi connectivity index (χ4n) is 0.853. The molecule has 14 heavy (non-hydrogen) atoms. The summed E-state index contributed by atoms with van der Waals surface area (Å²) in [4.78, 5) is 0. The molecule has 1 atom stereocenters. The molecule has 0 amide bonds. The third-order valence-corrected chi connectivity index (χ3v) is 3.57. The molecule has 0 spiro atoms. The molecule has 0 aromatic carbocycles. The van der Waals surface area contributed by atoms with Crippen molar-refractivity contribution in [3.63, 3.8) is 0 Å². The lowest BCUT2D eigenvalue weighted by molar-refractivity contribution is 0.0755. The molecule has 2 N–H and O–H groups in total. The van der Waals surface area contributed by atoms with Crippen molar-refractivity contribution >= 4 is 7.60 Å². The zero-order chi connectivity index (χ0) is 11.4. The standard InChI is InChI=1S/C8H19O5P/c1-6(2)12-14(11,8(10)5-9)13-7(3)4/h6-10H,5H2,1-4H3. The first-order chi connectivity index (χ1) is 6.31. The largest absolute Gasteiger partial charge is 0.393 e. The van der Waals surface area contributed by atoms with Crippen LogP contribution in [0.2, 0.25) is 0 Å². The Hall–Kier alpha value is 0.0700. The first-order valence-corrected chi connectivity index (χ1v) is 6.18. The van der Waals surface area contributed by atoms with Crippen LogP contribution in [0, 0.1) is 0 Å². The van der Waals surface area contributed by atoms with Crippen molar-refractivity contribution in [3.8, 4) is 0 Å². The Morgan fingerprint density at radius 2 is 1.50 bits per heavy atom. The molecule has 0 aliphatic rings. The summed E-state index contributed by atoms with van der Waals surface area (Å²) in [5.41, 5.74) is 0. The van der Waals surface area contributed by atoms with Gasteiger partial charge in [-0.1, -0.05) is 0 Å². The van der Waals surface area contributed by atoms with Crippen LogP contribution in [0.3, 0.4) is 0 Å². The summed E-state index contributed by atoms with van der Waals surface area (Å²) in [5.74, 6) is -1.48. The van der Waals surface area contributed by atoms with Crippen molar-refractivity contribution in [2.45, 2.75) is 45.7 Å². The van der Waals surface area contributed by atoms with Gasteiger partial charge in [0.1, 0.15) is 0 Å². The molecule has 0 aliphatic heterocycles. The van der Waals surface area contributed by atoms with Crippen molar-refractivity contribution in [3.05, 3.63) is 0 Å². The molecule has 0 fully saturated rings. The van der Waals surface area contributed by atoms with Gasteiger partial charge in [0.15, 0.2) is 5.85 Å². The van der Waals surface area contributed by atoms with Crippen LogP contribution in [0.1, 0.15) is 27.7 Å². The van der Waals surface area contributed by atoms with Crippen LogP contribution < -0.4 is 0 Å². The molecule has 0 rings (SSSR count). The zero-order valence-corrected chi connectivity index (χ0v) is 9.90. The fraction of sp³-hybridized carbons (Fsp3) is 1.00. The molecule has 0 aromatic rings. The van der Waals surface area contributed by atoms with Gasteiger partial charge in [0.25, 0.3) is 0 Å². The molecular formula is C8H19O5P. The summed E-state index contributed by atoms with van der Waals surface area (Å²) in [6.45, 7) is 6.08. The lowest BCUT2D eigenvalue weighted by atomic mass is 10.5. The topological polar surface area (TPSA) is 76.0 Å². The van der Waals surface area contributed by atoms with E-state index in [2.05, 4.69) is 0 Å². The average Bonchev–Trinajstić information content (AvgIpc) is 1.99. The van der Waals surface area contributed by atoms with Gasteiger partial charge in [0, 0.05) is 0 Å². The second-order valence-electron chi connectivity index (χ2n) is 3.51. The van der Waals surface area contributed by atoms with Crippen molar-refractivity contribution in [1.82, 2.24) is 0 Å². The maximum absolute atomic E-state index is 11.9. The van der Waals surface area contributed by atoms with Crippen molar-refractivity contribution in [2.24, 2.45) is 0 Å². The summed E-state index contributed by atoms with van der Waals surface area (Å²) in [5, 5.41) is 18.0. The summed E-state index contributed by atoms with van der Waals surface area (Å²) >= 11 is 0. The first-order valence-electron chi connectivity index (χ1n) is 4.57. The lowest BCUT2D eigenvalue weighted by Crippen LogP contribution is -2.20. The highest BCUT2D eigenvalue weighted by atomic mass is 31.2. The average molecular weight is 226 g/mol. The van der Waals surface area contributed by atoms with E-state index in [1.165, 1.54) is 0 Å². The van der Waals surface area contributed by atoms with E-state index in [-0.39, 0.29) is 12.2 Å². The van der Waals surface area contributed by atoms with Gasteiger partial charge in [0.2, 0.25) is 0 Å². The van der Waals surface area contributed by atoms with Gasteiger partial charge in [-0.15, -0.1) is 0 Å². The number of aliphatic hydroxyl groups excluding tert-OH is 2. The molecule has 0 bridgehead atoms. The van der Waals surface area contributed by atoms with Crippen LogP contribution in [-0.2, 0) is 13.6 Å². The van der Waals surface area contributed by atoms with Gasteiger partial charge < -0.3 is 19.3 Å². The van der Waals surface area contributed by atoms with Crippen LogP contribution in [0.5, 0.6) is 0 Å². The van der Waals surface area contributed by atoms with Gasteiger partial charge >= 0.3 is 7.60 Å². The minimum Gasteiger partial charge on any atom is -0.393 e. The summed E-state index contributed by atoms with van der Waals surface area (Å²) in [6, 6.07) is 0.